The third kappa shape index (κ3) is 12.2. The van der Waals surface area contributed by atoms with Crippen LogP contribution in [0.15, 0.2) is 36.9 Å². The predicted molar refractivity (Wildman–Crippen MR) is 216 cm³/mol. The molecule has 15 heteroatoms. The topological polar surface area (TPSA) is 187 Å². The highest BCUT2D eigenvalue weighted by atomic mass is 35.5. The van der Waals surface area contributed by atoms with Crippen molar-refractivity contribution in [2.45, 2.75) is 79.1 Å². The van der Waals surface area contributed by atoms with Gasteiger partial charge in [-0.15, -0.1) is 0 Å². The van der Waals surface area contributed by atoms with E-state index in [9.17, 15) is 0 Å². The van der Waals surface area contributed by atoms with Gasteiger partial charge in [0.1, 0.15) is 40.3 Å². The van der Waals surface area contributed by atoms with E-state index in [0.29, 0.717) is 47.3 Å². The summed E-state index contributed by atoms with van der Waals surface area (Å²) in [4.78, 5) is 38.2. The van der Waals surface area contributed by atoms with Crippen molar-refractivity contribution in [1.82, 2.24) is 39.9 Å². The largest absolute Gasteiger partial charge is 0.478 e. The van der Waals surface area contributed by atoms with Crippen molar-refractivity contribution < 1.29 is 9.84 Å². The zero-order chi connectivity index (χ0) is 40.3. The third-order valence-electron chi connectivity index (χ3n) is 11.4. The zero-order valence-electron chi connectivity index (χ0n) is 33.4. The van der Waals surface area contributed by atoms with E-state index in [1.165, 1.54) is 44.6 Å². The second-order valence-electron chi connectivity index (χ2n) is 15.7. The molecule has 4 atom stereocenters. The molecule has 2 saturated heterocycles. The van der Waals surface area contributed by atoms with E-state index in [1.807, 2.05) is 50.8 Å². The fourth-order valence-electron chi connectivity index (χ4n) is 8.25. The predicted octanol–water partition coefficient (Wildman–Crippen LogP) is 6.41. The number of aromatic nitrogens is 8. The minimum atomic E-state index is 0.303. The molecular formula is C42H53ClN12O2. The fraction of sp³-hybridized carbons (Fsp3) is 0.571. The molecule has 2 saturated carbocycles. The van der Waals surface area contributed by atoms with Gasteiger partial charge in [0.2, 0.25) is 17.8 Å². The Morgan fingerprint density at radius 1 is 0.684 bits per heavy atom. The van der Waals surface area contributed by atoms with Gasteiger partial charge in [-0.3, -0.25) is 0 Å². The zero-order valence-corrected chi connectivity index (χ0v) is 34.2. The smallest absolute Gasteiger partial charge is 0.225 e. The number of aliphatic hydroxyl groups excluding tert-OH is 1. The van der Waals surface area contributed by atoms with E-state index in [0.717, 1.165) is 97.6 Å². The minimum Gasteiger partial charge on any atom is -0.478 e. The molecule has 0 radical (unpaired) electrons. The number of ether oxygens (including phenoxy) is 1. The Balaban J connectivity index is 0.000000162. The Labute approximate surface area is 340 Å². The van der Waals surface area contributed by atoms with E-state index in [1.54, 1.807) is 19.9 Å². The maximum absolute atomic E-state index is 8.99. The van der Waals surface area contributed by atoms with Crippen LogP contribution in [-0.4, -0.2) is 84.4 Å². The van der Waals surface area contributed by atoms with E-state index >= 15 is 0 Å². The molecule has 4 aromatic heterocycles. The molecule has 57 heavy (non-hydrogen) atoms. The van der Waals surface area contributed by atoms with Gasteiger partial charge in [0.15, 0.2) is 0 Å². The molecule has 4 fully saturated rings. The van der Waals surface area contributed by atoms with Crippen LogP contribution >= 0.6 is 11.6 Å². The number of nitriles is 2. The van der Waals surface area contributed by atoms with Gasteiger partial charge < -0.3 is 19.6 Å². The quantitative estimate of drug-likeness (QED) is 0.174. The number of hydrogen-bond acceptors (Lipinski definition) is 14. The van der Waals surface area contributed by atoms with Gasteiger partial charge in [-0.25, -0.2) is 34.9 Å². The van der Waals surface area contributed by atoms with Crippen LogP contribution in [0.4, 0.5) is 11.9 Å². The molecule has 0 bridgehead atoms. The summed E-state index contributed by atoms with van der Waals surface area (Å²) in [7, 11) is 0. The SMILES string of the molecule is Cc1cnc(N2CCC([C@H]3C[C@H]3CCO)CC2)nc1.Cc1cnc(N2CCC([C@H]3C[C@H]3CCOc3cc(C#N)nc(C)n3)CC2)nc1.Cc1nc(Cl)cc(C#N)n1. The summed E-state index contributed by atoms with van der Waals surface area (Å²) >= 11 is 5.53. The van der Waals surface area contributed by atoms with Crippen molar-refractivity contribution in [3.05, 3.63) is 76.2 Å². The highest BCUT2D eigenvalue weighted by Gasteiger charge is 2.44. The van der Waals surface area contributed by atoms with Crippen LogP contribution in [0.25, 0.3) is 0 Å². The number of nitrogens with zero attached hydrogens (tertiary/aromatic N) is 12. The second-order valence-corrected chi connectivity index (χ2v) is 16.1. The Morgan fingerprint density at radius 3 is 1.60 bits per heavy atom. The van der Waals surface area contributed by atoms with Gasteiger partial charge in [0, 0.05) is 69.7 Å². The van der Waals surface area contributed by atoms with E-state index < -0.39 is 0 Å². The van der Waals surface area contributed by atoms with Crippen molar-refractivity contribution in [1.29, 1.82) is 10.5 Å². The number of aryl methyl sites for hydroxylation is 4. The Kier molecular flexibility index (Phi) is 14.5. The van der Waals surface area contributed by atoms with Crippen molar-refractivity contribution in [2.24, 2.45) is 35.5 Å². The third-order valence-corrected chi connectivity index (χ3v) is 11.6. The van der Waals surface area contributed by atoms with Crippen molar-refractivity contribution in [3.63, 3.8) is 0 Å². The molecule has 300 valence electrons. The van der Waals surface area contributed by atoms with E-state index in [2.05, 4.69) is 49.7 Å². The molecule has 6 heterocycles. The van der Waals surface area contributed by atoms with Gasteiger partial charge in [-0.05, 0) is 126 Å². The number of halogens is 1. The standard InChI is InChI=1S/C21H26N6O.C15H23N3O.C6H4ClN3/c1-14-12-23-21(24-13-14)27-6-3-16(4-7-27)19-9-17(19)5-8-28-20-10-18(11-22)25-15(2)26-20;1-11-9-16-15(17-10-11)18-5-2-12(3-6-18)14-8-13(14)4-7-19;1-4-9-5(3-8)2-6(7)10-4/h10,12-13,16-17,19H,3-9H2,1-2H3;9-10,12-14,19H,2-8H2,1H3;2H,1H3/t17-,19-;13-,14-;/m11./s1. The molecule has 1 N–H and O–H groups in total. The Bertz CT molecular complexity index is 1970. The maximum atomic E-state index is 8.99. The van der Waals surface area contributed by atoms with Gasteiger partial charge in [0.25, 0.3) is 0 Å². The fourth-order valence-corrected chi connectivity index (χ4v) is 8.48. The summed E-state index contributed by atoms with van der Waals surface area (Å²) in [5, 5.41) is 26.7. The minimum absolute atomic E-state index is 0.303. The average Bonchev–Trinajstić information content (AvgIpc) is 4.16. The van der Waals surface area contributed by atoms with Gasteiger partial charge in [-0.2, -0.15) is 15.5 Å². The van der Waals surface area contributed by atoms with Crippen LogP contribution in [0, 0.1) is 85.9 Å². The van der Waals surface area contributed by atoms with Crippen molar-refractivity contribution in [3.8, 4) is 18.0 Å². The first-order valence-corrected chi connectivity index (χ1v) is 20.5. The number of hydrogen-bond donors (Lipinski definition) is 1. The number of anilines is 2. The molecule has 0 spiro atoms. The highest BCUT2D eigenvalue weighted by molar-refractivity contribution is 6.29. The van der Waals surface area contributed by atoms with Crippen LogP contribution in [-0.2, 0) is 0 Å². The lowest BCUT2D eigenvalue weighted by Crippen LogP contribution is -2.35. The first kappa shape index (κ1) is 41.6. The molecule has 0 unspecified atom stereocenters. The lowest BCUT2D eigenvalue weighted by Gasteiger charge is -2.32. The number of piperidine rings is 2. The second kappa shape index (κ2) is 19.9. The van der Waals surface area contributed by atoms with Crippen molar-refractivity contribution >= 4 is 23.5 Å². The molecule has 0 amide bonds. The molecule has 14 nitrogen and oxygen atoms in total. The lowest BCUT2D eigenvalue weighted by atomic mass is 9.90. The summed E-state index contributed by atoms with van der Waals surface area (Å²) < 4.78 is 5.77. The Hall–Kier alpha value is -5.05. The summed E-state index contributed by atoms with van der Waals surface area (Å²) in [5.74, 6) is 8.27. The molecule has 0 aromatic carbocycles. The summed E-state index contributed by atoms with van der Waals surface area (Å²) in [6.45, 7) is 12.8. The molecular weight excluding hydrogens is 740 g/mol. The molecule has 2 aliphatic heterocycles. The molecule has 4 aliphatic rings. The van der Waals surface area contributed by atoms with E-state index in [4.69, 9.17) is 32.0 Å². The first-order valence-electron chi connectivity index (χ1n) is 20.1. The van der Waals surface area contributed by atoms with Crippen LogP contribution in [0.2, 0.25) is 5.15 Å². The van der Waals surface area contributed by atoms with Gasteiger partial charge in [-0.1, -0.05) is 11.6 Å². The maximum Gasteiger partial charge on any atom is 0.225 e. The van der Waals surface area contributed by atoms with Crippen LogP contribution < -0.4 is 14.5 Å². The highest BCUT2D eigenvalue weighted by Crippen LogP contribution is 2.50. The van der Waals surface area contributed by atoms with Gasteiger partial charge >= 0.3 is 0 Å². The normalized spacial score (nSPS) is 21.5. The van der Waals surface area contributed by atoms with Crippen molar-refractivity contribution in [2.75, 3.05) is 49.2 Å². The molecule has 4 aromatic rings. The van der Waals surface area contributed by atoms with Crippen LogP contribution in [0.5, 0.6) is 5.88 Å². The lowest BCUT2D eigenvalue weighted by molar-refractivity contribution is 0.266. The van der Waals surface area contributed by atoms with Gasteiger partial charge in [0.05, 0.1) is 6.61 Å². The number of rotatable bonds is 10. The monoisotopic (exact) mass is 792 g/mol. The molecule has 8 rings (SSSR count). The summed E-state index contributed by atoms with van der Waals surface area (Å²) in [6, 6.07) is 6.95. The van der Waals surface area contributed by atoms with Crippen LogP contribution in [0.1, 0.15) is 85.5 Å². The molecule has 2 aliphatic carbocycles. The van der Waals surface area contributed by atoms with Crippen LogP contribution in [0.3, 0.4) is 0 Å². The first-order chi connectivity index (χ1) is 27.6. The number of aliphatic hydroxyl groups is 1. The van der Waals surface area contributed by atoms with E-state index in [-0.39, 0.29) is 0 Å². The average molecular weight is 793 g/mol. The summed E-state index contributed by atoms with van der Waals surface area (Å²) in [6.07, 6.45) is 17.2. The summed E-state index contributed by atoms with van der Waals surface area (Å²) in [5.41, 5.74) is 2.87. The Morgan fingerprint density at radius 2 is 1.14 bits per heavy atom.